The first-order chi connectivity index (χ1) is 18.4. The summed E-state index contributed by atoms with van der Waals surface area (Å²) in [5.41, 5.74) is 11.1. The number of aliphatic hydroxyl groups is 1. The summed E-state index contributed by atoms with van der Waals surface area (Å²) in [5, 5.41) is 13.5. The Hall–Kier alpha value is -3.43. The lowest BCUT2D eigenvalue weighted by Gasteiger charge is -2.29. The molecular formula is C22H28FN8O7P. The van der Waals surface area contributed by atoms with Crippen LogP contribution in [0.15, 0.2) is 12.5 Å². The summed E-state index contributed by atoms with van der Waals surface area (Å²) >= 11 is 0. The van der Waals surface area contributed by atoms with E-state index in [4.69, 9.17) is 30.0 Å². The third-order valence-corrected chi connectivity index (χ3v) is 8.04. The molecule has 5 atom stereocenters. The van der Waals surface area contributed by atoms with Crippen molar-refractivity contribution in [3.63, 3.8) is 0 Å². The number of carbonyl (C=O) groups is 1. The molecule has 1 fully saturated rings. The monoisotopic (exact) mass is 566 g/mol. The van der Waals surface area contributed by atoms with Gasteiger partial charge in [-0.05, 0) is 13.8 Å². The molecule has 0 radical (unpaired) electrons. The van der Waals surface area contributed by atoms with E-state index in [1.54, 1.807) is 20.0 Å². The van der Waals surface area contributed by atoms with Gasteiger partial charge in [0.2, 0.25) is 5.95 Å². The number of aliphatic hydroxyl groups excluding tert-OH is 1. The van der Waals surface area contributed by atoms with Crippen molar-refractivity contribution in [1.29, 1.82) is 0 Å². The van der Waals surface area contributed by atoms with E-state index in [9.17, 15) is 14.5 Å². The molecule has 15 nitrogen and oxygen atoms in total. The molecule has 5 heterocycles. The van der Waals surface area contributed by atoms with Gasteiger partial charge >= 0.3 is 13.7 Å². The molecule has 5 rings (SSSR count). The normalized spacial score (nSPS) is 28.3. The Bertz CT molecular complexity index is 1480. The quantitative estimate of drug-likeness (QED) is 0.235. The van der Waals surface area contributed by atoms with Gasteiger partial charge in [-0.3, -0.25) is 18.9 Å². The Morgan fingerprint density at radius 2 is 2.15 bits per heavy atom. The smallest absolute Gasteiger partial charge is 0.459 e. The fraction of sp³-hybridized carbons (Fsp3) is 0.500. The lowest BCUT2D eigenvalue weighted by molar-refractivity contribution is -0.144. The molecule has 17 heteroatoms. The first kappa shape index (κ1) is 27.1. The van der Waals surface area contributed by atoms with Crippen molar-refractivity contribution in [3.8, 4) is 5.75 Å². The van der Waals surface area contributed by atoms with Gasteiger partial charge in [0.1, 0.15) is 24.3 Å². The standard InChI is InChI=1S/C22H28FN8O7P/c1-4-14(32)35-7-11-5-26-10(2)16-12(11)6-28-39(34,38-16)36-8-13-17(33)22(3,23)20(37-13)31-9-27-15-18(24)29-21(25)30-19(15)31/h5,9,13,17,20,33H,4,6-8H2,1-3H3,(H,28,34)(H4,24,25,29,30)/t13-,17+,20-,22+,39?/m1/s1. The molecule has 2 aliphatic heterocycles. The molecule has 3 aromatic rings. The number of esters is 1. The van der Waals surface area contributed by atoms with Crippen LogP contribution in [-0.2, 0) is 36.5 Å². The number of nitrogens with one attached hydrogen (secondary N) is 1. The lowest BCUT2D eigenvalue weighted by atomic mass is 9.98. The zero-order valence-electron chi connectivity index (χ0n) is 21.3. The molecule has 1 unspecified atom stereocenters. The third kappa shape index (κ3) is 4.89. The van der Waals surface area contributed by atoms with Gasteiger partial charge in [-0.15, -0.1) is 0 Å². The van der Waals surface area contributed by atoms with Crippen LogP contribution in [0.3, 0.4) is 0 Å². The predicted octanol–water partition coefficient (Wildman–Crippen LogP) is 1.44. The lowest BCUT2D eigenvalue weighted by Crippen LogP contribution is -2.41. The van der Waals surface area contributed by atoms with Crippen LogP contribution in [0.4, 0.5) is 16.2 Å². The van der Waals surface area contributed by atoms with Crippen LogP contribution in [-0.4, -0.2) is 60.1 Å². The number of hydrogen-bond acceptors (Lipinski definition) is 13. The minimum atomic E-state index is -3.97. The van der Waals surface area contributed by atoms with Crippen molar-refractivity contribution in [2.45, 2.75) is 64.4 Å². The highest BCUT2D eigenvalue weighted by Gasteiger charge is 2.56. The maximum Gasteiger partial charge on any atom is 0.459 e. The number of rotatable bonds is 7. The first-order valence-corrected chi connectivity index (χ1v) is 13.6. The van der Waals surface area contributed by atoms with Crippen LogP contribution < -0.4 is 21.1 Å². The van der Waals surface area contributed by atoms with Crippen molar-refractivity contribution in [2.75, 3.05) is 18.1 Å². The van der Waals surface area contributed by atoms with Crippen LogP contribution in [0.1, 0.15) is 43.3 Å². The molecule has 0 bridgehead atoms. The summed E-state index contributed by atoms with van der Waals surface area (Å²) in [6, 6.07) is 0. The largest absolute Gasteiger partial charge is 0.461 e. The maximum atomic E-state index is 15.8. The summed E-state index contributed by atoms with van der Waals surface area (Å²) in [6.45, 7) is 4.05. The highest BCUT2D eigenvalue weighted by molar-refractivity contribution is 7.52. The second kappa shape index (κ2) is 9.95. The Balaban J connectivity index is 1.32. The van der Waals surface area contributed by atoms with Crippen LogP contribution in [0, 0.1) is 6.92 Å². The van der Waals surface area contributed by atoms with E-state index in [1.165, 1.54) is 10.9 Å². The zero-order valence-corrected chi connectivity index (χ0v) is 22.2. The van der Waals surface area contributed by atoms with Crippen molar-refractivity contribution < 1.29 is 37.4 Å². The second-order valence-corrected chi connectivity index (χ2v) is 11.1. The van der Waals surface area contributed by atoms with Crippen molar-refractivity contribution in [1.82, 2.24) is 29.6 Å². The molecule has 0 spiro atoms. The summed E-state index contributed by atoms with van der Waals surface area (Å²) in [5.74, 6) is -0.288. The minimum Gasteiger partial charge on any atom is -0.461 e. The number of anilines is 2. The molecule has 0 aliphatic carbocycles. The number of nitrogen functional groups attached to an aromatic ring is 2. The summed E-state index contributed by atoms with van der Waals surface area (Å²) in [4.78, 5) is 27.8. The van der Waals surface area contributed by atoms with E-state index in [0.29, 0.717) is 16.8 Å². The second-order valence-electron chi connectivity index (χ2n) is 9.32. The number of imidazole rings is 1. The van der Waals surface area contributed by atoms with Gasteiger partial charge in [-0.2, -0.15) is 9.97 Å². The highest BCUT2D eigenvalue weighted by atomic mass is 31.2. The number of pyridine rings is 1. The number of halogens is 1. The Morgan fingerprint density at radius 3 is 2.90 bits per heavy atom. The Morgan fingerprint density at radius 1 is 1.38 bits per heavy atom. The first-order valence-electron chi connectivity index (χ1n) is 12.0. The van der Waals surface area contributed by atoms with Gasteiger partial charge in [0.05, 0.1) is 18.6 Å². The molecule has 39 heavy (non-hydrogen) atoms. The van der Waals surface area contributed by atoms with Gasteiger partial charge in [0.15, 0.2) is 29.1 Å². The van der Waals surface area contributed by atoms with Crippen molar-refractivity contribution in [2.24, 2.45) is 0 Å². The third-order valence-electron chi connectivity index (χ3n) is 6.59. The Kier molecular flexibility index (Phi) is 6.93. The van der Waals surface area contributed by atoms with E-state index in [1.807, 2.05) is 0 Å². The van der Waals surface area contributed by atoms with E-state index in [2.05, 4.69) is 25.0 Å². The molecule has 1 saturated heterocycles. The maximum absolute atomic E-state index is 15.8. The number of alkyl halides is 1. The van der Waals surface area contributed by atoms with E-state index >= 15 is 4.39 Å². The topological polar surface area (TPSA) is 212 Å². The molecular weight excluding hydrogens is 538 g/mol. The fourth-order valence-corrected chi connectivity index (χ4v) is 5.81. The number of fused-ring (bicyclic) bond motifs is 2. The van der Waals surface area contributed by atoms with Gasteiger partial charge in [-0.1, -0.05) is 6.92 Å². The van der Waals surface area contributed by atoms with Crippen molar-refractivity contribution in [3.05, 3.63) is 29.3 Å². The van der Waals surface area contributed by atoms with Gasteiger partial charge < -0.3 is 30.6 Å². The highest BCUT2D eigenvalue weighted by Crippen LogP contribution is 2.51. The van der Waals surface area contributed by atoms with Gasteiger partial charge in [-0.25, -0.2) is 19.0 Å². The van der Waals surface area contributed by atoms with Crippen LogP contribution in [0.2, 0.25) is 0 Å². The summed E-state index contributed by atoms with van der Waals surface area (Å²) < 4.78 is 52.6. The zero-order chi connectivity index (χ0) is 28.1. The molecule has 0 saturated carbocycles. The molecule has 6 N–H and O–H groups in total. The van der Waals surface area contributed by atoms with E-state index < -0.39 is 38.5 Å². The number of nitrogens with two attached hydrogens (primary N) is 2. The number of aromatic nitrogens is 5. The summed E-state index contributed by atoms with van der Waals surface area (Å²) in [7, 11) is -3.97. The number of nitrogens with zero attached hydrogens (tertiary/aromatic N) is 5. The number of hydrogen-bond donors (Lipinski definition) is 4. The van der Waals surface area contributed by atoms with E-state index in [0.717, 1.165) is 6.92 Å². The molecule has 2 aliphatic rings. The molecule has 3 aromatic heterocycles. The SMILES string of the molecule is CCC(=O)OCc1cnc(C)c2c1CNP(=O)(OC[C@H]1O[C@@H](n3cnc4c(N)nc(N)nc43)[C@@](C)(F)[C@H]1O)O2. The van der Waals surface area contributed by atoms with Gasteiger partial charge in [0, 0.05) is 30.3 Å². The predicted molar refractivity (Wildman–Crippen MR) is 134 cm³/mol. The number of ether oxygens (including phenoxy) is 2. The summed E-state index contributed by atoms with van der Waals surface area (Å²) in [6.07, 6.45) is -1.28. The van der Waals surface area contributed by atoms with Crippen LogP contribution in [0.5, 0.6) is 5.75 Å². The fourth-order valence-electron chi connectivity index (χ4n) is 4.43. The van der Waals surface area contributed by atoms with Crippen molar-refractivity contribution >= 4 is 36.6 Å². The Labute approximate surface area is 221 Å². The molecule has 210 valence electrons. The number of carbonyl (C=O) groups excluding carboxylic acids is 1. The average Bonchev–Trinajstić information content (AvgIpc) is 3.40. The van der Waals surface area contributed by atoms with E-state index in [-0.39, 0.29) is 54.2 Å². The average molecular weight is 566 g/mol. The van der Waals surface area contributed by atoms with Gasteiger partial charge in [0.25, 0.3) is 0 Å². The number of aryl methyl sites for hydroxylation is 1. The van der Waals surface area contributed by atoms with Crippen LogP contribution in [0.25, 0.3) is 11.2 Å². The molecule has 0 aromatic carbocycles. The van der Waals surface area contributed by atoms with Crippen LogP contribution >= 0.6 is 7.75 Å². The minimum absolute atomic E-state index is 0.00519. The molecule has 0 amide bonds.